The highest BCUT2D eigenvalue weighted by Gasteiger charge is 2.48. The van der Waals surface area contributed by atoms with E-state index >= 15 is 0 Å². The van der Waals surface area contributed by atoms with Crippen LogP contribution in [0.1, 0.15) is 24.5 Å². The maximum atomic E-state index is 13.7. The zero-order chi connectivity index (χ0) is 16.6. The molecule has 0 saturated carbocycles. The molecule has 1 atom stereocenters. The number of carbonyl (C=O) groups is 2. The monoisotopic (exact) mass is 313 g/mol. The summed E-state index contributed by atoms with van der Waals surface area (Å²) in [5.41, 5.74) is 0.726. The average Bonchev–Trinajstić information content (AvgIpc) is 2.69. The van der Waals surface area contributed by atoms with Gasteiger partial charge in [0, 0.05) is 0 Å². The molecule has 5 heteroatoms. The van der Waals surface area contributed by atoms with Gasteiger partial charge in [-0.2, -0.15) is 0 Å². The molecule has 1 aliphatic rings. The highest BCUT2D eigenvalue weighted by molar-refractivity contribution is 6.09. The van der Waals surface area contributed by atoms with Crippen LogP contribution in [0.5, 0.6) is 0 Å². The molecule has 2 aromatic carbocycles. The molecule has 0 fully saturated rings. The van der Waals surface area contributed by atoms with Crippen LogP contribution in [0.15, 0.2) is 48.5 Å². The first-order chi connectivity index (χ1) is 10.9. The maximum Gasteiger partial charge on any atom is 0.304 e. The van der Waals surface area contributed by atoms with E-state index in [1.165, 1.54) is 23.1 Å². The van der Waals surface area contributed by atoms with Crippen LogP contribution in [0.4, 0.5) is 10.1 Å². The van der Waals surface area contributed by atoms with Crippen molar-refractivity contribution in [1.29, 1.82) is 0 Å². The van der Waals surface area contributed by atoms with Crippen LogP contribution in [-0.4, -0.2) is 17.0 Å². The molecule has 1 amide bonds. The SMILES string of the molecule is C[C@]1(CC(=O)O)C(=O)N(Cc2ccccc2)c2cc(F)ccc21. The Morgan fingerprint density at radius 1 is 1.22 bits per heavy atom. The van der Waals surface area contributed by atoms with Crippen molar-refractivity contribution in [1.82, 2.24) is 0 Å². The normalized spacial score (nSPS) is 19.7. The molecule has 2 aromatic rings. The Hall–Kier alpha value is -2.69. The van der Waals surface area contributed by atoms with Crippen molar-refractivity contribution in [3.8, 4) is 0 Å². The first kappa shape index (κ1) is 15.2. The van der Waals surface area contributed by atoms with Gasteiger partial charge in [-0.25, -0.2) is 4.39 Å². The number of halogens is 1. The van der Waals surface area contributed by atoms with Crippen LogP contribution >= 0.6 is 0 Å². The summed E-state index contributed by atoms with van der Waals surface area (Å²) in [6, 6.07) is 13.4. The number of benzene rings is 2. The number of anilines is 1. The van der Waals surface area contributed by atoms with Crippen LogP contribution < -0.4 is 4.90 Å². The smallest absolute Gasteiger partial charge is 0.304 e. The predicted octanol–water partition coefficient (Wildman–Crippen LogP) is 3.10. The molecule has 1 N–H and O–H groups in total. The third kappa shape index (κ3) is 2.59. The summed E-state index contributed by atoms with van der Waals surface area (Å²) in [6.07, 6.45) is -0.324. The van der Waals surface area contributed by atoms with Crippen molar-refractivity contribution < 1.29 is 19.1 Å². The van der Waals surface area contributed by atoms with Crippen LogP contribution in [0.25, 0.3) is 0 Å². The molecular formula is C18H16FNO3. The largest absolute Gasteiger partial charge is 0.481 e. The summed E-state index contributed by atoms with van der Waals surface area (Å²) >= 11 is 0. The number of rotatable bonds is 4. The van der Waals surface area contributed by atoms with Gasteiger partial charge >= 0.3 is 5.97 Å². The van der Waals surface area contributed by atoms with E-state index in [0.717, 1.165) is 5.56 Å². The van der Waals surface area contributed by atoms with Crippen molar-refractivity contribution in [2.75, 3.05) is 4.90 Å². The van der Waals surface area contributed by atoms with Gasteiger partial charge in [0.1, 0.15) is 5.82 Å². The van der Waals surface area contributed by atoms with Gasteiger partial charge in [0.2, 0.25) is 5.91 Å². The predicted molar refractivity (Wildman–Crippen MR) is 83.6 cm³/mol. The van der Waals surface area contributed by atoms with Crippen molar-refractivity contribution in [2.24, 2.45) is 0 Å². The van der Waals surface area contributed by atoms with Crippen LogP contribution in [0, 0.1) is 5.82 Å². The minimum Gasteiger partial charge on any atom is -0.481 e. The van der Waals surface area contributed by atoms with E-state index < -0.39 is 17.2 Å². The maximum absolute atomic E-state index is 13.7. The first-order valence-corrected chi connectivity index (χ1v) is 7.29. The zero-order valence-corrected chi connectivity index (χ0v) is 12.6. The van der Waals surface area contributed by atoms with E-state index in [-0.39, 0.29) is 18.9 Å². The van der Waals surface area contributed by atoms with Gasteiger partial charge in [-0.3, -0.25) is 9.59 Å². The fourth-order valence-corrected chi connectivity index (χ4v) is 3.11. The summed E-state index contributed by atoms with van der Waals surface area (Å²) in [5, 5.41) is 9.17. The lowest BCUT2D eigenvalue weighted by Gasteiger charge is -2.22. The highest BCUT2D eigenvalue weighted by Crippen LogP contribution is 2.44. The number of nitrogens with zero attached hydrogens (tertiary/aromatic N) is 1. The number of hydrogen-bond acceptors (Lipinski definition) is 2. The average molecular weight is 313 g/mol. The van der Waals surface area contributed by atoms with Gasteiger partial charge in [0.15, 0.2) is 0 Å². The minimum atomic E-state index is -1.18. The van der Waals surface area contributed by atoms with Gasteiger partial charge in [0.05, 0.1) is 24.1 Å². The Morgan fingerprint density at radius 2 is 1.91 bits per heavy atom. The number of carbonyl (C=O) groups excluding carboxylic acids is 1. The molecule has 0 unspecified atom stereocenters. The minimum absolute atomic E-state index is 0.283. The Morgan fingerprint density at radius 3 is 2.57 bits per heavy atom. The third-order valence-electron chi connectivity index (χ3n) is 4.25. The van der Waals surface area contributed by atoms with Gasteiger partial charge in [-0.05, 0) is 30.2 Å². The lowest BCUT2D eigenvalue weighted by Crippen LogP contribution is -2.39. The molecule has 1 heterocycles. The molecule has 0 bridgehead atoms. The Balaban J connectivity index is 2.06. The molecular weight excluding hydrogens is 297 g/mol. The van der Waals surface area contributed by atoms with Gasteiger partial charge in [-0.15, -0.1) is 0 Å². The topological polar surface area (TPSA) is 57.6 Å². The van der Waals surface area contributed by atoms with Crippen molar-refractivity contribution in [3.05, 3.63) is 65.5 Å². The Labute approximate surface area is 133 Å². The molecule has 0 spiro atoms. The summed E-state index contributed by atoms with van der Waals surface area (Å²) in [7, 11) is 0. The molecule has 1 aliphatic heterocycles. The van der Waals surface area contributed by atoms with E-state index in [4.69, 9.17) is 5.11 Å². The van der Waals surface area contributed by atoms with Gasteiger partial charge in [-0.1, -0.05) is 36.4 Å². The van der Waals surface area contributed by atoms with Crippen molar-refractivity contribution in [3.63, 3.8) is 0 Å². The molecule has 4 nitrogen and oxygen atoms in total. The number of carboxylic acids is 1. The lowest BCUT2D eigenvalue weighted by atomic mass is 9.81. The van der Waals surface area contributed by atoms with Gasteiger partial charge in [0.25, 0.3) is 0 Å². The van der Waals surface area contributed by atoms with E-state index in [1.54, 1.807) is 6.92 Å². The fourth-order valence-electron chi connectivity index (χ4n) is 3.11. The molecule has 0 aliphatic carbocycles. The second-order valence-electron chi connectivity index (χ2n) is 5.94. The standard InChI is InChI=1S/C18H16FNO3/c1-18(10-16(21)22)14-8-7-13(19)9-15(14)20(17(18)23)11-12-5-3-2-4-6-12/h2-9H,10-11H2,1H3,(H,21,22)/t18-/m1/s1. The molecule has 0 saturated heterocycles. The van der Waals surface area contributed by atoms with E-state index in [1.807, 2.05) is 30.3 Å². The summed E-state index contributed by atoms with van der Waals surface area (Å²) < 4.78 is 13.7. The first-order valence-electron chi connectivity index (χ1n) is 7.29. The van der Waals surface area contributed by atoms with Crippen molar-refractivity contribution in [2.45, 2.75) is 25.3 Å². The van der Waals surface area contributed by atoms with E-state index in [0.29, 0.717) is 11.3 Å². The number of carboxylic acid groups (broad SMARTS) is 1. The van der Waals surface area contributed by atoms with Crippen LogP contribution in [0.2, 0.25) is 0 Å². The fraction of sp³-hybridized carbons (Fsp3) is 0.222. The summed E-state index contributed by atoms with van der Waals surface area (Å²) in [4.78, 5) is 25.5. The number of hydrogen-bond donors (Lipinski definition) is 1. The molecule has 23 heavy (non-hydrogen) atoms. The van der Waals surface area contributed by atoms with Crippen LogP contribution in [-0.2, 0) is 21.5 Å². The number of fused-ring (bicyclic) bond motifs is 1. The molecule has 0 aromatic heterocycles. The van der Waals surface area contributed by atoms with Crippen molar-refractivity contribution >= 4 is 17.6 Å². The van der Waals surface area contributed by atoms with E-state index in [9.17, 15) is 14.0 Å². The summed E-state index contributed by atoms with van der Waals surface area (Å²) in [6.45, 7) is 1.89. The van der Waals surface area contributed by atoms with E-state index in [2.05, 4.69) is 0 Å². The Bertz CT molecular complexity index is 775. The second kappa shape index (κ2) is 5.50. The molecule has 118 valence electrons. The third-order valence-corrected chi connectivity index (χ3v) is 4.25. The quantitative estimate of drug-likeness (QED) is 0.943. The molecule has 0 radical (unpaired) electrons. The summed E-state index contributed by atoms with van der Waals surface area (Å²) in [5.74, 6) is -1.82. The highest BCUT2D eigenvalue weighted by atomic mass is 19.1. The Kier molecular flexibility index (Phi) is 3.64. The number of amides is 1. The lowest BCUT2D eigenvalue weighted by molar-refractivity contribution is -0.141. The van der Waals surface area contributed by atoms with Gasteiger partial charge < -0.3 is 10.0 Å². The second-order valence-corrected chi connectivity index (χ2v) is 5.94. The number of aliphatic carboxylic acids is 1. The van der Waals surface area contributed by atoms with Crippen LogP contribution in [0.3, 0.4) is 0 Å². The molecule has 3 rings (SSSR count). The zero-order valence-electron chi connectivity index (χ0n) is 12.6.